The van der Waals surface area contributed by atoms with Crippen molar-refractivity contribution in [2.45, 2.75) is 16.8 Å². The summed E-state index contributed by atoms with van der Waals surface area (Å²) in [5.41, 5.74) is 4.79. The Kier molecular flexibility index (Phi) is 3.97. The summed E-state index contributed by atoms with van der Waals surface area (Å²) in [5, 5.41) is 8.97. The van der Waals surface area contributed by atoms with Crippen LogP contribution in [-0.4, -0.2) is 21.5 Å². The topological polar surface area (TPSA) is 63.3 Å². The minimum atomic E-state index is -1.65. The third-order valence-electron chi connectivity index (χ3n) is 2.13. The second-order valence-electron chi connectivity index (χ2n) is 3.31. The average Bonchev–Trinajstić information content (AvgIpc) is 2.18. The minimum absolute atomic E-state index is 0.0981. The van der Waals surface area contributed by atoms with Gasteiger partial charge in [-0.15, -0.1) is 23.2 Å². The molecule has 0 bridgehead atoms. The molecule has 3 N–H and O–H groups in total. The van der Waals surface area contributed by atoms with E-state index < -0.39 is 16.3 Å². The van der Waals surface area contributed by atoms with Crippen molar-refractivity contribution in [1.29, 1.82) is 0 Å². The Balaban J connectivity index is 2.90. The Bertz CT molecular complexity index is 343. The Morgan fingerprint density at radius 1 is 1.40 bits per heavy atom. The van der Waals surface area contributed by atoms with Gasteiger partial charge in [-0.2, -0.15) is 0 Å². The molecule has 1 unspecified atom stereocenters. The fraction of sp³-hybridized carbons (Fsp3) is 0.300. The zero-order valence-corrected chi connectivity index (χ0v) is 9.37. The summed E-state index contributed by atoms with van der Waals surface area (Å²) in [6.07, 6.45) is 0.0981. The Hall–Kier alpha value is -0.770. The van der Waals surface area contributed by atoms with Gasteiger partial charge >= 0.3 is 5.97 Å². The molecule has 15 heavy (non-hydrogen) atoms. The molecule has 0 heterocycles. The Morgan fingerprint density at radius 2 is 1.93 bits per heavy atom. The SMILES string of the molecule is NC(Cc1ccccc1)(C(=O)O)C(Cl)Cl. The molecule has 0 saturated heterocycles. The molecule has 1 rings (SSSR count). The van der Waals surface area contributed by atoms with E-state index in [-0.39, 0.29) is 6.42 Å². The van der Waals surface area contributed by atoms with Crippen LogP contribution < -0.4 is 5.73 Å². The van der Waals surface area contributed by atoms with Gasteiger partial charge in [0.1, 0.15) is 10.4 Å². The molecule has 0 spiro atoms. The lowest BCUT2D eigenvalue weighted by molar-refractivity contribution is -0.142. The number of hydrogen-bond acceptors (Lipinski definition) is 2. The third-order valence-corrected chi connectivity index (χ3v) is 2.91. The van der Waals surface area contributed by atoms with Crippen LogP contribution in [0.1, 0.15) is 5.56 Å². The molecule has 0 aliphatic carbocycles. The maximum atomic E-state index is 11.0. The van der Waals surface area contributed by atoms with Gasteiger partial charge in [0.2, 0.25) is 0 Å². The van der Waals surface area contributed by atoms with Crippen molar-refractivity contribution >= 4 is 29.2 Å². The monoisotopic (exact) mass is 247 g/mol. The van der Waals surface area contributed by atoms with Gasteiger partial charge in [-0.25, -0.2) is 0 Å². The summed E-state index contributed by atoms with van der Waals surface area (Å²) >= 11 is 11.2. The van der Waals surface area contributed by atoms with E-state index in [1.165, 1.54) is 0 Å². The van der Waals surface area contributed by atoms with Crippen LogP contribution in [-0.2, 0) is 11.2 Å². The average molecular weight is 248 g/mol. The van der Waals surface area contributed by atoms with E-state index in [9.17, 15) is 4.79 Å². The van der Waals surface area contributed by atoms with Crippen molar-refractivity contribution in [2.75, 3.05) is 0 Å². The lowest BCUT2D eigenvalue weighted by Gasteiger charge is -2.25. The number of alkyl halides is 2. The fourth-order valence-electron chi connectivity index (χ4n) is 1.18. The van der Waals surface area contributed by atoms with Crippen LogP contribution in [0.15, 0.2) is 30.3 Å². The molecule has 1 aromatic rings. The van der Waals surface area contributed by atoms with Crippen LogP contribution in [0.3, 0.4) is 0 Å². The van der Waals surface area contributed by atoms with Gasteiger partial charge in [0.15, 0.2) is 0 Å². The number of hydrogen-bond donors (Lipinski definition) is 2. The molecule has 1 atom stereocenters. The van der Waals surface area contributed by atoms with Gasteiger partial charge in [0.25, 0.3) is 0 Å². The number of halogens is 2. The summed E-state index contributed by atoms with van der Waals surface area (Å²) < 4.78 is 0. The molecule has 0 fully saturated rings. The zero-order chi connectivity index (χ0) is 11.5. The van der Waals surface area contributed by atoms with Gasteiger partial charge < -0.3 is 10.8 Å². The fourth-order valence-corrected chi connectivity index (χ4v) is 1.52. The summed E-state index contributed by atoms with van der Waals surface area (Å²) in [5.74, 6) is -1.21. The van der Waals surface area contributed by atoms with E-state index in [1.807, 2.05) is 6.07 Å². The molecular weight excluding hydrogens is 237 g/mol. The maximum absolute atomic E-state index is 11.0. The number of carboxylic acid groups (broad SMARTS) is 1. The standard InChI is InChI=1S/C10H11Cl2NO2/c11-8(12)10(13,9(14)15)6-7-4-2-1-3-5-7/h1-5,8H,6,13H2,(H,14,15). The van der Waals surface area contributed by atoms with Gasteiger partial charge in [-0.3, -0.25) is 4.79 Å². The maximum Gasteiger partial charge on any atom is 0.326 e. The number of aliphatic carboxylic acids is 1. The second kappa shape index (κ2) is 4.84. The van der Waals surface area contributed by atoms with Gasteiger partial charge in [-0.05, 0) is 5.56 Å². The molecule has 0 saturated carbocycles. The van der Waals surface area contributed by atoms with Gasteiger partial charge in [0.05, 0.1) is 0 Å². The predicted octanol–water partition coefficient (Wildman–Crippen LogP) is 1.81. The molecule has 0 radical (unpaired) electrons. The second-order valence-corrected chi connectivity index (χ2v) is 4.40. The van der Waals surface area contributed by atoms with Gasteiger partial charge in [0, 0.05) is 6.42 Å². The first kappa shape index (κ1) is 12.3. The van der Waals surface area contributed by atoms with Crippen molar-refractivity contribution < 1.29 is 9.90 Å². The lowest BCUT2D eigenvalue weighted by atomic mass is 9.94. The molecular formula is C10H11Cl2NO2. The highest BCUT2D eigenvalue weighted by atomic mass is 35.5. The van der Waals surface area contributed by atoms with Gasteiger partial charge in [-0.1, -0.05) is 30.3 Å². The van der Waals surface area contributed by atoms with Crippen LogP contribution in [0.5, 0.6) is 0 Å². The number of benzene rings is 1. The van der Waals surface area contributed by atoms with E-state index >= 15 is 0 Å². The smallest absolute Gasteiger partial charge is 0.326 e. The van der Waals surface area contributed by atoms with E-state index in [0.717, 1.165) is 5.56 Å². The van der Waals surface area contributed by atoms with Crippen molar-refractivity contribution in [2.24, 2.45) is 5.73 Å². The van der Waals surface area contributed by atoms with Crippen molar-refractivity contribution in [3.8, 4) is 0 Å². The number of carboxylic acids is 1. The first-order chi connectivity index (χ1) is 6.97. The highest BCUT2D eigenvalue weighted by molar-refractivity contribution is 6.46. The Labute approximate surface area is 97.8 Å². The summed E-state index contributed by atoms with van der Waals surface area (Å²) in [6.45, 7) is 0. The van der Waals surface area contributed by atoms with Crippen LogP contribution in [0.4, 0.5) is 0 Å². The lowest BCUT2D eigenvalue weighted by Crippen LogP contribution is -2.55. The molecule has 0 aliphatic heterocycles. The number of rotatable bonds is 4. The molecule has 5 heteroatoms. The van der Waals surface area contributed by atoms with Crippen LogP contribution >= 0.6 is 23.2 Å². The third kappa shape index (κ3) is 2.84. The normalized spacial score (nSPS) is 14.9. The highest BCUT2D eigenvalue weighted by Crippen LogP contribution is 2.22. The van der Waals surface area contributed by atoms with E-state index in [4.69, 9.17) is 34.0 Å². The van der Waals surface area contributed by atoms with Crippen LogP contribution in [0.25, 0.3) is 0 Å². The minimum Gasteiger partial charge on any atom is -0.480 e. The molecule has 82 valence electrons. The molecule has 1 aromatic carbocycles. The molecule has 0 aromatic heterocycles. The summed E-state index contributed by atoms with van der Waals surface area (Å²) in [4.78, 5) is 9.82. The highest BCUT2D eigenvalue weighted by Gasteiger charge is 2.40. The Morgan fingerprint density at radius 3 is 2.33 bits per heavy atom. The first-order valence-corrected chi connectivity index (χ1v) is 5.18. The van der Waals surface area contributed by atoms with Crippen molar-refractivity contribution in [3.63, 3.8) is 0 Å². The summed E-state index contributed by atoms with van der Waals surface area (Å²) in [6, 6.07) is 8.99. The molecule has 0 amide bonds. The van der Waals surface area contributed by atoms with Crippen molar-refractivity contribution in [1.82, 2.24) is 0 Å². The molecule has 3 nitrogen and oxygen atoms in total. The van der Waals surface area contributed by atoms with Crippen LogP contribution in [0.2, 0.25) is 0 Å². The number of carbonyl (C=O) groups is 1. The van der Waals surface area contributed by atoms with E-state index in [1.54, 1.807) is 24.3 Å². The van der Waals surface area contributed by atoms with Crippen LogP contribution in [0, 0.1) is 0 Å². The first-order valence-electron chi connectivity index (χ1n) is 4.31. The van der Waals surface area contributed by atoms with Crippen molar-refractivity contribution in [3.05, 3.63) is 35.9 Å². The zero-order valence-electron chi connectivity index (χ0n) is 7.86. The summed E-state index contributed by atoms with van der Waals surface area (Å²) in [7, 11) is 0. The van der Waals surface area contributed by atoms with E-state index in [0.29, 0.717) is 0 Å². The largest absolute Gasteiger partial charge is 0.480 e. The molecule has 0 aliphatic rings. The quantitative estimate of drug-likeness (QED) is 0.799. The number of nitrogens with two attached hydrogens (primary N) is 1. The predicted molar refractivity (Wildman–Crippen MR) is 60.2 cm³/mol. The van der Waals surface area contributed by atoms with E-state index in [2.05, 4.69) is 0 Å².